The molecule has 0 spiro atoms. The van der Waals surface area contributed by atoms with E-state index in [4.69, 9.17) is 4.74 Å². The number of hydrogen-bond acceptors (Lipinski definition) is 5. The average Bonchev–Trinajstić information content (AvgIpc) is 2.81. The largest absolute Gasteiger partial charge is 0.461 e. The molecular formula is C12H11IN2O2S. The van der Waals surface area contributed by atoms with Crippen LogP contribution in [0.3, 0.4) is 0 Å². The first-order valence-electron chi connectivity index (χ1n) is 5.34. The molecule has 1 aromatic carbocycles. The van der Waals surface area contributed by atoms with Gasteiger partial charge in [-0.25, -0.2) is 9.78 Å². The molecule has 0 saturated heterocycles. The number of halogens is 1. The summed E-state index contributed by atoms with van der Waals surface area (Å²) >= 11 is 3.62. The monoisotopic (exact) mass is 374 g/mol. The highest BCUT2D eigenvalue weighted by Gasteiger charge is 2.15. The average molecular weight is 374 g/mol. The lowest BCUT2D eigenvalue weighted by molar-refractivity contribution is 0.0521. The molecule has 0 aliphatic rings. The highest BCUT2D eigenvalue weighted by molar-refractivity contribution is 14.1. The second-order valence-corrected chi connectivity index (χ2v) is 5.48. The molecule has 1 aromatic heterocycles. The van der Waals surface area contributed by atoms with Crippen molar-refractivity contribution < 1.29 is 9.53 Å². The van der Waals surface area contributed by atoms with E-state index in [1.807, 2.05) is 24.3 Å². The summed E-state index contributed by atoms with van der Waals surface area (Å²) in [5.74, 6) is -0.397. The summed E-state index contributed by atoms with van der Waals surface area (Å²) in [6.45, 7) is 2.12. The minimum atomic E-state index is -0.397. The number of nitrogens with one attached hydrogen (secondary N) is 1. The van der Waals surface area contributed by atoms with Crippen molar-refractivity contribution in [2.75, 3.05) is 11.9 Å². The predicted molar refractivity (Wildman–Crippen MR) is 80.5 cm³/mol. The normalized spacial score (nSPS) is 10.1. The predicted octanol–water partition coefficient (Wildman–Crippen LogP) is 3.67. The lowest BCUT2D eigenvalue weighted by Crippen LogP contribution is -2.07. The van der Waals surface area contributed by atoms with Crippen molar-refractivity contribution in [2.24, 2.45) is 0 Å². The highest BCUT2D eigenvalue weighted by atomic mass is 127. The van der Waals surface area contributed by atoms with E-state index in [0.29, 0.717) is 17.3 Å². The zero-order valence-electron chi connectivity index (χ0n) is 9.64. The lowest BCUT2D eigenvalue weighted by atomic mass is 10.3. The molecule has 1 heterocycles. The topological polar surface area (TPSA) is 51.2 Å². The summed E-state index contributed by atoms with van der Waals surface area (Å²) in [5, 5.41) is 3.87. The van der Waals surface area contributed by atoms with Crippen LogP contribution in [0.4, 0.5) is 10.7 Å². The Morgan fingerprint density at radius 3 is 2.83 bits per heavy atom. The van der Waals surface area contributed by atoms with E-state index in [-0.39, 0.29) is 0 Å². The fourth-order valence-corrected chi connectivity index (χ4v) is 2.39. The van der Waals surface area contributed by atoms with Crippen LogP contribution in [-0.4, -0.2) is 17.6 Å². The quantitative estimate of drug-likeness (QED) is 0.656. The Kier molecular flexibility index (Phi) is 4.54. The Bertz CT molecular complexity index is 539. The van der Waals surface area contributed by atoms with E-state index in [2.05, 4.69) is 32.9 Å². The number of thiazole rings is 1. The molecule has 4 nitrogen and oxygen atoms in total. The van der Waals surface area contributed by atoms with Crippen LogP contribution in [0.15, 0.2) is 29.8 Å². The van der Waals surface area contributed by atoms with Crippen molar-refractivity contribution in [1.29, 1.82) is 0 Å². The van der Waals surface area contributed by atoms with Crippen molar-refractivity contribution in [1.82, 2.24) is 4.98 Å². The molecule has 6 heteroatoms. The molecule has 0 atom stereocenters. The number of esters is 1. The van der Waals surface area contributed by atoms with E-state index in [1.165, 1.54) is 11.3 Å². The molecule has 2 rings (SSSR count). The van der Waals surface area contributed by atoms with Crippen LogP contribution in [0.1, 0.15) is 17.4 Å². The van der Waals surface area contributed by atoms with Gasteiger partial charge in [0.05, 0.1) is 12.1 Å². The van der Waals surface area contributed by atoms with E-state index in [9.17, 15) is 4.79 Å². The molecule has 0 bridgehead atoms. The molecule has 0 aliphatic heterocycles. The third-order valence-corrected chi connectivity index (χ3v) is 3.60. The zero-order valence-corrected chi connectivity index (χ0v) is 12.6. The molecule has 0 fully saturated rings. The van der Waals surface area contributed by atoms with Gasteiger partial charge < -0.3 is 10.1 Å². The number of benzene rings is 1. The Hall–Kier alpha value is -1.15. The minimum Gasteiger partial charge on any atom is -0.461 e. The third-order valence-electron chi connectivity index (χ3n) is 2.14. The maximum absolute atomic E-state index is 11.7. The molecule has 1 N–H and O–H groups in total. The minimum absolute atomic E-state index is 0.334. The smallest absolute Gasteiger partial charge is 0.360 e. The van der Waals surface area contributed by atoms with Crippen molar-refractivity contribution in [3.8, 4) is 0 Å². The van der Waals surface area contributed by atoms with Gasteiger partial charge in [-0.15, -0.1) is 11.3 Å². The molecule has 0 unspecified atom stereocenters. The molecule has 0 aliphatic carbocycles. The van der Waals surface area contributed by atoms with Gasteiger partial charge in [-0.3, -0.25) is 0 Å². The summed E-state index contributed by atoms with van der Waals surface area (Å²) in [6.07, 6.45) is 0. The Labute approximate surface area is 123 Å². The Morgan fingerprint density at radius 2 is 2.17 bits per heavy atom. The van der Waals surface area contributed by atoms with Gasteiger partial charge in [-0.2, -0.15) is 0 Å². The van der Waals surface area contributed by atoms with Crippen molar-refractivity contribution >= 4 is 50.6 Å². The van der Waals surface area contributed by atoms with E-state index >= 15 is 0 Å². The van der Waals surface area contributed by atoms with Crippen LogP contribution in [0.2, 0.25) is 0 Å². The molecular weight excluding hydrogens is 363 g/mol. The van der Waals surface area contributed by atoms with Crippen LogP contribution in [0.5, 0.6) is 0 Å². The first-order valence-corrected chi connectivity index (χ1v) is 7.29. The molecule has 18 heavy (non-hydrogen) atoms. The first-order chi connectivity index (χ1) is 8.70. The van der Waals surface area contributed by atoms with E-state index in [0.717, 1.165) is 9.26 Å². The summed E-state index contributed by atoms with van der Waals surface area (Å²) in [7, 11) is 0. The van der Waals surface area contributed by atoms with Crippen molar-refractivity contribution in [3.05, 3.63) is 39.0 Å². The number of anilines is 2. The van der Waals surface area contributed by atoms with Gasteiger partial charge in [-0.05, 0) is 53.8 Å². The SMILES string of the molecule is CCOC(=O)c1ncsc1Nc1ccc(I)cc1. The van der Waals surface area contributed by atoms with Crippen molar-refractivity contribution in [3.63, 3.8) is 0 Å². The number of aromatic nitrogens is 1. The van der Waals surface area contributed by atoms with Gasteiger partial charge in [0, 0.05) is 9.26 Å². The fourth-order valence-electron chi connectivity index (χ4n) is 1.34. The lowest BCUT2D eigenvalue weighted by Gasteiger charge is -2.05. The number of rotatable bonds is 4. The van der Waals surface area contributed by atoms with Gasteiger partial charge in [0.25, 0.3) is 0 Å². The Morgan fingerprint density at radius 1 is 1.44 bits per heavy atom. The van der Waals surface area contributed by atoms with Crippen LogP contribution < -0.4 is 5.32 Å². The summed E-state index contributed by atoms with van der Waals surface area (Å²) in [4.78, 5) is 15.7. The molecule has 0 radical (unpaired) electrons. The Balaban J connectivity index is 2.17. The molecule has 0 saturated carbocycles. The van der Waals surface area contributed by atoms with Crippen LogP contribution in [0.25, 0.3) is 0 Å². The fraction of sp³-hybridized carbons (Fsp3) is 0.167. The maximum Gasteiger partial charge on any atom is 0.360 e. The number of ether oxygens (including phenoxy) is 1. The molecule has 94 valence electrons. The van der Waals surface area contributed by atoms with Crippen molar-refractivity contribution in [2.45, 2.75) is 6.92 Å². The number of nitrogens with zero attached hydrogens (tertiary/aromatic N) is 1. The van der Waals surface area contributed by atoms with Gasteiger partial charge in [0.2, 0.25) is 0 Å². The number of carbonyl (C=O) groups excluding carboxylic acids is 1. The maximum atomic E-state index is 11.7. The number of hydrogen-bond donors (Lipinski definition) is 1. The second kappa shape index (κ2) is 6.14. The van der Waals surface area contributed by atoms with E-state index in [1.54, 1.807) is 12.4 Å². The molecule has 2 aromatic rings. The van der Waals surface area contributed by atoms with Gasteiger partial charge in [0.1, 0.15) is 5.00 Å². The molecule has 0 amide bonds. The van der Waals surface area contributed by atoms with Gasteiger partial charge in [-0.1, -0.05) is 0 Å². The summed E-state index contributed by atoms with van der Waals surface area (Å²) < 4.78 is 6.11. The number of carbonyl (C=O) groups is 1. The zero-order chi connectivity index (χ0) is 13.0. The van der Waals surface area contributed by atoms with E-state index < -0.39 is 5.97 Å². The van der Waals surface area contributed by atoms with Crippen LogP contribution >= 0.6 is 33.9 Å². The standard InChI is InChI=1S/C12H11IN2O2S/c1-2-17-12(16)10-11(18-7-14-10)15-9-5-3-8(13)4-6-9/h3-7,15H,2H2,1H3. The summed E-state index contributed by atoms with van der Waals surface area (Å²) in [5.41, 5.74) is 2.88. The summed E-state index contributed by atoms with van der Waals surface area (Å²) in [6, 6.07) is 7.90. The van der Waals surface area contributed by atoms with Crippen LogP contribution in [0, 0.1) is 3.57 Å². The highest BCUT2D eigenvalue weighted by Crippen LogP contribution is 2.25. The van der Waals surface area contributed by atoms with Gasteiger partial charge >= 0.3 is 5.97 Å². The van der Waals surface area contributed by atoms with Crippen LogP contribution in [-0.2, 0) is 4.74 Å². The van der Waals surface area contributed by atoms with Gasteiger partial charge in [0.15, 0.2) is 5.69 Å². The third kappa shape index (κ3) is 3.20. The second-order valence-electron chi connectivity index (χ2n) is 3.38. The first kappa shape index (κ1) is 13.3.